The molecule has 5 nitrogen and oxygen atoms in total. The predicted molar refractivity (Wildman–Crippen MR) is 87.5 cm³/mol. The van der Waals surface area contributed by atoms with Crippen LogP contribution in [0.25, 0.3) is 0 Å². The smallest absolute Gasteiger partial charge is 0.239 e. The fourth-order valence-electron chi connectivity index (χ4n) is 2.59. The molecule has 0 aromatic heterocycles. The minimum Gasteiger partial charge on any atom is -0.378 e. The molecule has 2 rings (SSSR count). The average molecular weight is 305 g/mol. The van der Waals surface area contributed by atoms with Crippen molar-refractivity contribution in [3.05, 3.63) is 35.4 Å². The summed E-state index contributed by atoms with van der Waals surface area (Å²) in [5, 5.41) is 6.15. The third kappa shape index (κ3) is 5.09. The Morgan fingerprint density at radius 1 is 1.36 bits per heavy atom. The summed E-state index contributed by atoms with van der Waals surface area (Å²) in [6.07, 6.45) is 0. The number of rotatable bonds is 7. The number of ether oxygens (including phenoxy) is 1. The summed E-state index contributed by atoms with van der Waals surface area (Å²) >= 11 is 0. The second-order valence-electron chi connectivity index (χ2n) is 5.58. The van der Waals surface area contributed by atoms with E-state index < -0.39 is 0 Å². The molecule has 0 saturated carbocycles. The lowest BCUT2D eigenvalue weighted by atomic mass is 10.1. The molecule has 1 amide bonds. The van der Waals surface area contributed by atoms with Crippen LogP contribution in [0.15, 0.2) is 24.3 Å². The van der Waals surface area contributed by atoms with Gasteiger partial charge in [0.1, 0.15) is 6.04 Å². The van der Waals surface area contributed by atoms with E-state index in [2.05, 4.69) is 53.6 Å². The van der Waals surface area contributed by atoms with Gasteiger partial charge in [0, 0.05) is 19.6 Å². The van der Waals surface area contributed by atoms with Crippen molar-refractivity contribution in [2.75, 3.05) is 32.8 Å². The standard InChI is InChI=1S/C17H27N3O2/c1-3-20(4-2)12-15-7-5-6-14(10-15)11-19-17(21)16-13-22-9-8-18-16/h5-7,10,16,18H,3-4,8-9,11-13H2,1-2H3,(H,19,21). The van der Waals surface area contributed by atoms with Gasteiger partial charge in [0.2, 0.25) is 5.91 Å². The lowest BCUT2D eigenvalue weighted by molar-refractivity contribution is -0.126. The van der Waals surface area contributed by atoms with Gasteiger partial charge in [-0.05, 0) is 24.2 Å². The molecular formula is C17H27N3O2. The Bertz CT molecular complexity index is 469. The highest BCUT2D eigenvalue weighted by Crippen LogP contribution is 2.08. The van der Waals surface area contributed by atoms with Crippen molar-refractivity contribution in [1.29, 1.82) is 0 Å². The molecular weight excluding hydrogens is 278 g/mol. The summed E-state index contributed by atoms with van der Waals surface area (Å²) in [5.74, 6) is 0.00819. The predicted octanol–water partition coefficient (Wildman–Crippen LogP) is 1.13. The number of morpholine rings is 1. The molecule has 0 aliphatic carbocycles. The quantitative estimate of drug-likeness (QED) is 0.793. The van der Waals surface area contributed by atoms with Crippen molar-refractivity contribution < 1.29 is 9.53 Å². The fraction of sp³-hybridized carbons (Fsp3) is 0.588. The number of nitrogens with one attached hydrogen (secondary N) is 2. The molecule has 2 N–H and O–H groups in total. The lowest BCUT2D eigenvalue weighted by Gasteiger charge is -2.23. The van der Waals surface area contributed by atoms with E-state index in [0.29, 0.717) is 19.8 Å². The first-order valence-corrected chi connectivity index (χ1v) is 8.12. The molecule has 0 bridgehead atoms. The highest BCUT2D eigenvalue weighted by atomic mass is 16.5. The Balaban J connectivity index is 1.85. The molecule has 1 aliphatic rings. The normalized spacial score (nSPS) is 18.4. The van der Waals surface area contributed by atoms with Crippen LogP contribution in [0.1, 0.15) is 25.0 Å². The number of carbonyl (C=O) groups excluding carboxylic acids is 1. The van der Waals surface area contributed by atoms with Crippen molar-refractivity contribution in [3.63, 3.8) is 0 Å². The Kier molecular flexibility index (Phi) is 6.83. The number of amides is 1. The van der Waals surface area contributed by atoms with Gasteiger partial charge in [-0.25, -0.2) is 0 Å². The third-order valence-corrected chi connectivity index (χ3v) is 4.00. The Labute approximate surface area is 133 Å². The van der Waals surface area contributed by atoms with Crippen molar-refractivity contribution in [2.45, 2.75) is 33.0 Å². The number of hydrogen-bond acceptors (Lipinski definition) is 4. The van der Waals surface area contributed by atoms with Crippen LogP contribution in [-0.2, 0) is 22.6 Å². The van der Waals surface area contributed by atoms with Crippen LogP contribution in [0.4, 0.5) is 0 Å². The maximum Gasteiger partial charge on any atom is 0.239 e. The Hall–Kier alpha value is -1.43. The Morgan fingerprint density at radius 3 is 2.82 bits per heavy atom. The number of hydrogen-bond donors (Lipinski definition) is 2. The molecule has 1 aromatic rings. The zero-order valence-corrected chi connectivity index (χ0v) is 13.6. The molecule has 0 spiro atoms. The van der Waals surface area contributed by atoms with E-state index >= 15 is 0 Å². The first-order chi connectivity index (χ1) is 10.7. The van der Waals surface area contributed by atoms with E-state index in [9.17, 15) is 4.79 Å². The van der Waals surface area contributed by atoms with Crippen molar-refractivity contribution in [2.24, 2.45) is 0 Å². The lowest BCUT2D eigenvalue weighted by Crippen LogP contribution is -2.51. The second kappa shape index (κ2) is 8.88. The maximum absolute atomic E-state index is 12.1. The summed E-state index contributed by atoms with van der Waals surface area (Å²) in [4.78, 5) is 14.4. The molecule has 122 valence electrons. The van der Waals surface area contributed by atoms with E-state index in [4.69, 9.17) is 4.74 Å². The third-order valence-electron chi connectivity index (χ3n) is 4.00. The molecule has 22 heavy (non-hydrogen) atoms. The number of benzene rings is 1. The maximum atomic E-state index is 12.1. The molecule has 1 aromatic carbocycles. The summed E-state index contributed by atoms with van der Waals surface area (Å²) < 4.78 is 5.31. The SMILES string of the molecule is CCN(CC)Cc1cccc(CNC(=O)C2COCCN2)c1. The molecule has 1 unspecified atom stereocenters. The van der Waals surface area contributed by atoms with E-state index in [-0.39, 0.29) is 11.9 Å². The van der Waals surface area contributed by atoms with E-state index in [1.54, 1.807) is 0 Å². The van der Waals surface area contributed by atoms with Crippen LogP contribution in [0.5, 0.6) is 0 Å². The van der Waals surface area contributed by atoms with Crippen LogP contribution >= 0.6 is 0 Å². The largest absolute Gasteiger partial charge is 0.378 e. The minimum absolute atomic E-state index is 0.00819. The van der Waals surface area contributed by atoms with Gasteiger partial charge in [-0.15, -0.1) is 0 Å². The van der Waals surface area contributed by atoms with Crippen molar-refractivity contribution in [3.8, 4) is 0 Å². The van der Waals surface area contributed by atoms with E-state index in [1.165, 1.54) is 5.56 Å². The van der Waals surface area contributed by atoms with Crippen LogP contribution < -0.4 is 10.6 Å². The molecule has 1 saturated heterocycles. The van der Waals surface area contributed by atoms with Gasteiger partial charge < -0.3 is 15.4 Å². The molecule has 1 heterocycles. The average Bonchev–Trinajstić information content (AvgIpc) is 2.58. The molecule has 0 radical (unpaired) electrons. The van der Waals surface area contributed by atoms with Gasteiger partial charge in [-0.1, -0.05) is 38.1 Å². The van der Waals surface area contributed by atoms with Gasteiger partial charge in [-0.2, -0.15) is 0 Å². The molecule has 1 atom stereocenters. The second-order valence-corrected chi connectivity index (χ2v) is 5.58. The van der Waals surface area contributed by atoms with Gasteiger partial charge in [0.15, 0.2) is 0 Å². The number of carbonyl (C=O) groups is 1. The first kappa shape index (κ1) is 16.9. The van der Waals surface area contributed by atoms with Gasteiger partial charge in [0.05, 0.1) is 13.2 Å². The van der Waals surface area contributed by atoms with Crippen molar-refractivity contribution >= 4 is 5.91 Å². The zero-order valence-electron chi connectivity index (χ0n) is 13.6. The minimum atomic E-state index is -0.229. The molecule has 5 heteroatoms. The van der Waals surface area contributed by atoms with Gasteiger partial charge >= 0.3 is 0 Å². The van der Waals surface area contributed by atoms with Gasteiger partial charge in [0.25, 0.3) is 0 Å². The number of nitrogens with zero attached hydrogens (tertiary/aromatic N) is 1. The Morgan fingerprint density at radius 2 is 2.14 bits per heavy atom. The summed E-state index contributed by atoms with van der Waals surface area (Å²) in [5.41, 5.74) is 2.42. The highest BCUT2D eigenvalue weighted by molar-refractivity contribution is 5.81. The first-order valence-electron chi connectivity index (χ1n) is 8.12. The van der Waals surface area contributed by atoms with Crippen molar-refractivity contribution in [1.82, 2.24) is 15.5 Å². The summed E-state index contributed by atoms with van der Waals surface area (Å²) in [7, 11) is 0. The van der Waals surface area contributed by atoms with Gasteiger partial charge in [-0.3, -0.25) is 9.69 Å². The summed E-state index contributed by atoms with van der Waals surface area (Å²) in [6, 6.07) is 8.19. The van der Waals surface area contributed by atoms with E-state index in [1.807, 2.05) is 0 Å². The molecule has 1 fully saturated rings. The zero-order chi connectivity index (χ0) is 15.8. The fourth-order valence-corrected chi connectivity index (χ4v) is 2.59. The summed E-state index contributed by atoms with van der Waals surface area (Å²) in [6.45, 7) is 9.81. The topological polar surface area (TPSA) is 53.6 Å². The van der Waals surface area contributed by atoms with Crippen LogP contribution in [0.3, 0.4) is 0 Å². The van der Waals surface area contributed by atoms with E-state index in [0.717, 1.165) is 31.7 Å². The van der Waals surface area contributed by atoms with Crippen LogP contribution in [0.2, 0.25) is 0 Å². The monoisotopic (exact) mass is 305 g/mol. The molecule has 1 aliphatic heterocycles. The highest BCUT2D eigenvalue weighted by Gasteiger charge is 2.20. The van der Waals surface area contributed by atoms with Crippen LogP contribution in [0, 0.1) is 0 Å². The van der Waals surface area contributed by atoms with Crippen LogP contribution in [-0.4, -0.2) is 49.7 Å².